The number of ether oxygens (including phenoxy) is 1. The van der Waals surface area contributed by atoms with E-state index < -0.39 is 33.5 Å². The first-order valence-corrected chi connectivity index (χ1v) is 13.9. The van der Waals surface area contributed by atoms with Gasteiger partial charge in [0, 0.05) is 24.6 Å². The molecule has 0 amide bonds. The Labute approximate surface area is 193 Å². The molecule has 8 heteroatoms. The van der Waals surface area contributed by atoms with Gasteiger partial charge in [0.05, 0.1) is 12.2 Å². The molecule has 33 heavy (non-hydrogen) atoms. The van der Waals surface area contributed by atoms with Crippen LogP contribution in [-0.4, -0.2) is 50.1 Å². The lowest BCUT2D eigenvalue weighted by Crippen LogP contribution is -2.52. The van der Waals surface area contributed by atoms with Gasteiger partial charge in [0.15, 0.2) is 5.78 Å². The number of rotatable bonds is 8. The number of nitrogens with zero attached hydrogens (tertiary/aromatic N) is 1. The molecular formula is C25H31F2NO4S. The van der Waals surface area contributed by atoms with Gasteiger partial charge in [-0.15, -0.1) is 0 Å². The quantitative estimate of drug-likeness (QED) is 0.517. The Kier molecular flexibility index (Phi) is 5.15. The summed E-state index contributed by atoms with van der Waals surface area (Å²) in [6.07, 6.45) is 8.37. The zero-order chi connectivity index (χ0) is 23.0. The summed E-state index contributed by atoms with van der Waals surface area (Å²) in [4.78, 5) is 12.7. The summed E-state index contributed by atoms with van der Waals surface area (Å²) < 4.78 is 60.0. The minimum atomic E-state index is -3.94. The summed E-state index contributed by atoms with van der Waals surface area (Å²) in [6.45, 7) is 0.127. The van der Waals surface area contributed by atoms with Crippen LogP contribution < -0.4 is 4.74 Å². The zero-order valence-electron chi connectivity index (χ0n) is 18.8. The predicted molar refractivity (Wildman–Crippen MR) is 119 cm³/mol. The van der Waals surface area contributed by atoms with E-state index in [0.717, 1.165) is 40.5 Å². The van der Waals surface area contributed by atoms with Crippen molar-refractivity contribution in [3.8, 4) is 5.75 Å². The van der Waals surface area contributed by atoms with E-state index in [1.54, 1.807) is 0 Å². The average Bonchev–Trinajstić information content (AvgIpc) is 3.53. The number of carbonyl (C=O) groups is 1. The number of alkyl halides is 1. The maximum Gasteiger partial charge on any atom is 0.221 e. The van der Waals surface area contributed by atoms with E-state index in [4.69, 9.17) is 4.74 Å². The SMILES string of the molecule is O=C(CS(=O)(=O)N1CC(F)C1)c1cc(C2CC2)c(OCC23CC4CC(CC(C4)C2)C3)cc1F. The van der Waals surface area contributed by atoms with Crippen molar-refractivity contribution in [3.63, 3.8) is 0 Å². The number of hydrogen-bond acceptors (Lipinski definition) is 4. The van der Waals surface area contributed by atoms with Crippen molar-refractivity contribution in [2.45, 2.75) is 63.5 Å². The third-order valence-electron chi connectivity index (χ3n) is 8.63. The molecule has 1 saturated heterocycles. The summed E-state index contributed by atoms with van der Waals surface area (Å²) in [5.41, 5.74) is 0.801. The van der Waals surface area contributed by atoms with Crippen molar-refractivity contribution in [2.24, 2.45) is 23.2 Å². The number of carbonyl (C=O) groups excluding carboxylic acids is 1. The van der Waals surface area contributed by atoms with Crippen LogP contribution in [0, 0.1) is 29.0 Å². The first-order chi connectivity index (χ1) is 15.7. The van der Waals surface area contributed by atoms with Crippen molar-refractivity contribution in [2.75, 3.05) is 25.4 Å². The molecule has 5 nitrogen and oxygen atoms in total. The van der Waals surface area contributed by atoms with Gasteiger partial charge in [-0.25, -0.2) is 17.2 Å². The smallest absolute Gasteiger partial charge is 0.221 e. The first kappa shape index (κ1) is 22.0. The van der Waals surface area contributed by atoms with Gasteiger partial charge in [-0.3, -0.25) is 4.79 Å². The molecule has 0 spiro atoms. The van der Waals surface area contributed by atoms with E-state index in [2.05, 4.69) is 0 Å². The van der Waals surface area contributed by atoms with Crippen LogP contribution in [0.5, 0.6) is 5.75 Å². The third-order valence-corrected chi connectivity index (χ3v) is 10.3. The Morgan fingerprint density at radius 3 is 2.21 bits per heavy atom. The molecule has 0 atom stereocenters. The molecule has 180 valence electrons. The van der Waals surface area contributed by atoms with E-state index in [1.807, 2.05) is 0 Å². The highest BCUT2D eigenvalue weighted by molar-refractivity contribution is 7.89. The van der Waals surface area contributed by atoms with Crippen LogP contribution in [0.25, 0.3) is 0 Å². The number of halogens is 2. The highest BCUT2D eigenvalue weighted by atomic mass is 32.2. The second-order valence-corrected chi connectivity index (χ2v) is 13.4. The van der Waals surface area contributed by atoms with Gasteiger partial charge in [0.2, 0.25) is 10.0 Å². The van der Waals surface area contributed by atoms with Gasteiger partial charge < -0.3 is 4.74 Å². The fourth-order valence-corrected chi connectivity index (χ4v) is 8.72. The Morgan fingerprint density at radius 1 is 1.06 bits per heavy atom. The van der Waals surface area contributed by atoms with Gasteiger partial charge in [-0.05, 0) is 86.7 Å². The molecule has 7 rings (SSSR count). The predicted octanol–water partition coefficient (Wildman–Crippen LogP) is 4.46. The van der Waals surface area contributed by atoms with Crippen LogP contribution in [-0.2, 0) is 10.0 Å². The van der Waals surface area contributed by atoms with Crippen molar-refractivity contribution in [1.29, 1.82) is 0 Å². The molecule has 1 aliphatic heterocycles. The van der Waals surface area contributed by atoms with E-state index >= 15 is 4.39 Å². The van der Waals surface area contributed by atoms with Crippen LogP contribution in [0.4, 0.5) is 8.78 Å². The van der Waals surface area contributed by atoms with Gasteiger partial charge in [-0.1, -0.05) is 0 Å². The molecule has 0 unspecified atom stereocenters. The molecule has 1 aromatic carbocycles. The summed E-state index contributed by atoms with van der Waals surface area (Å²) in [5.74, 6) is 0.780. The number of sulfonamides is 1. The van der Waals surface area contributed by atoms with Gasteiger partial charge in [0.25, 0.3) is 0 Å². The molecule has 1 aromatic rings. The monoisotopic (exact) mass is 479 g/mol. The van der Waals surface area contributed by atoms with Crippen molar-refractivity contribution >= 4 is 15.8 Å². The maximum absolute atomic E-state index is 15.0. The number of benzene rings is 1. The van der Waals surface area contributed by atoms with Crippen LogP contribution >= 0.6 is 0 Å². The Balaban J connectivity index is 1.20. The molecule has 4 bridgehead atoms. The molecule has 1 heterocycles. The van der Waals surface area contributed by atoms with E-state index in [9.17, 15) is 17.6 Å². The van der Waals surface area contributed by atoms with Crippen molar-refractivity contribution < 1.29 is 26.7 Å². The van der Waals surface area contributed by atoms with Gasteiger partial charge in [-0.2, -0.15) is 4.31 Å². The Bertz CT molecular complexity index is 1040. The van der Waals surface area contributed by atoms with E-state index in [-0.39, 0.29) is 30.0 Å². The Morgan fingerprint density at radius 2 is 1.67 bits per heavy atom. The molecule has 6 fully saturated rings. The summed E-state index contributed by atoms with van der Waals surface area (Å²) >= 11 is 0. The summed E-state index contributed by atoms with van der Waals surface area (Å²) in [7, 11) is -3.94. The molecular weight excluding hydrogens is 448 g/mol. The fourth-order valence-electron chi connectivity index (χ4n) is 7.27. The topological polar surface area (TPSA) is 63.7 Å². The largest absolute Gasteiger partial charge is 0.493 e. The average molecular weight is 480 g/mol. The highest BCUT2D eigenvalue weighted by Gasteiger charge is 2.51. The summed E-state index contributed by atoms with van der Waals surface area (Å²) in [6, 6.07) is 2.79. The minimum absolute atomic E-state index is 0.195. The lowest BCUT2D eigenvalue weighted by Gasteiger charge is -2.56. The molecule has 5 aliphatic carbocycles. The maximum atomic E-state index is 15.0. The van der Waals surface area contributed by atoms with Crippen LogP contribution in [0.3, 0.4) is 0 Å². The third kappa shape index (κ3) is 4.11. The van der Waals surface area contributed by atoms with Crippen LogP contribution in [0.15, 0.2) is 12.1 Å². The van der Waals surface area contributed by atoms with Crippen molar-refractivity contribution in [1.82, 2.24) is 4.31 Å². The molecule has 0 radical (unpaired) electrons. The minimum Gasteiger partial charge on any atom is -0.493 e. The number of Topliss-reactive ketones (excluding diaryl/α,β-unsaturated/α-hetero) is 1. The second kappa shape index (κ2) is 7.74. The number of hydrogen-bond donors (Lipinski definition) is 0. The van der Waals surface area contributed by atoms with E-state index in [0.29, 0.717) is 12.4 Å². The lowest BCUT2D eigenvalue weighted by atomic mass is 9.50. The zero-order valence-corrected chi connectivity index (χ0v) is 19.6. The van der Waals surface area contributed by atoms with Gasteiger partial charge >= 0.3 is 0 Å². The van der Waals surface area contributed by atoms with Gasteiger partial charge in [0.1, 0.15) is 23.5 Å². The molecule has 0 N–H and O–H groups in total. The van der Waals surface area contributed by atoms with Crippen molar-refractivity contribution in [3.05, 3.63) is 29.1 Å². The standard InChI is InChI=1S/C25H31F2NO4S/c26-19-11-28(12-19)33(30,31)13-23(29)21-6-20(18-1-2-18)24(7-22(21)27)32-14-25-8-15-3-16(9-25)5-17(4-15)10-25/h6-7,15-19H,1-5,8-14H2. The molecule has 5 saturated carbocycles. The lowest BCUT2D eigenvalue weighted by molar-refractivity contribution is -0.0747. The van der Waals surface area contributed by atoms with Crippen LogP contribution in [0.1, 0.15) is 73.2 Å². The fraction of sp³-hybridized carbons (Fsp3) is 0.720. The Hall–Kier alpha value is -1.54. The number of ketones is 1. The first-order valence-electron chi connectivity index (χ1n) is 12.3. The van der Waals surface area contributed by atoms with E-state index in [1.165, 1.54) is 50.7 Å². The summed E-state index contributed by atoms with van der Waals surface area (Å²) in [5, 5.41) is 0. The molecule has 6 aliphatic rings. The molecule has 0 aromatic heterocycles. The van der Waals surface area contributed by atoms with Crippen LogP contribution in [0.2, 0.25) is 0 Å². The normalized spacial score (nSPS) is 33.8. The highest BCUT2D eigenvalue weighted by Crippen LogP contribution is 2.60. The second-order valence-electron chi connectivity index (χ2n) is 11.4.